The summed E-state index contributed by atoms with van der Waals surface area (Å²) in [6, 6.07) is 10.4. The van der Waals surface area contributed by atoms with Crippen molar-refractivity contribution in [2.24, 2.45) is 0 Å². The predicted octanol–water partition coefficient (Wildman–Crippen LogP) is 4.10. The van der Waals surface area contributed by atoms with Gasteiger partial charge in [-0.15, -0.1) is 0 Å². The third kappa shape index (κ3) is 3.85. The lowest BCUT2D eigenvalue weighted by molar-refractivity contribution is 0.0695. The summed E-state index contributed by atoms with van der Waals surface area (Å²) in [4.78, 5) is 20.1. The van der Waals surface area contributed by atoms with Crippen molar-refractivity contribution in [1.82, 2.24) is 9.97 Å². The molecule has 0 saturated heterocycles. The Bertz CT molecular complexity index is 1020. The van der Waals surface area contributed by atoms with E-state index in [0.717, 1.165) is 0 Å². The molecule has 0 aliphatic carbocycles. The Morgan fingerprint density at radius 2 is 1.71 bits per heavy atom. The van der Waals surface area contributed by atoms with Gasteiger partial charge in [-0.2, -0.15) is 9.97 Å². The zero-order valence-corrected chi connectivity index (χ0v) is 15.4. The number of carboxylic acid groups (broad SMARTS) is 1. The van der Waals surface area contributed by atoms with Gasteiger partial charge < -0.3 is 19.3 Å². The van der Waals surface area contributed by atoms with Gasteiger partial charge in [0, 0.05) is 0 Å². The molecule has 0 atom stereocenters. The molecular weight excluding hydrogens is 367 g/mol. The molecular formula is C20H17FN2O5. The molecule has 3 aromatic rings. The highest BCUT2D eigenvalue weighted by atomic mass is 19.1. The second-order valence-electron chi connectivity index (χ2n) is 5.79. The molecule has 144 valence electrons. The second kappa shape index (κ2) is 7.91. The van der Waals surface area contributed by atoms with Crippen LogP contribution in [-0.2, 0) is 0 Å². The number of halogens is 1. The summed E-state index contributed by atoms with van der Waals surface area (Å²) < 4.78 is 29.4. The molecule has 7 nitrogen and oxygen atoms in total. The molecule has 2 aromatic carbocycles. The van der Waals surface area contributed by atoms with Crippen LogP contribution in [0.15, 0.2) is 42.5 Å². The topological polar surface area (TPSA) is 90.8 Å². The van der Waals surface area contributed by atoms with Crippen LogP contribution in [0.5, 0.6) is 23.5 Å². The van der Waals surface area contributed by atoms with E-state index in [1.54, 1.807) is 25.1 Å². The first-order chi connectivity index (χ1) is 13.4. The molecule has 0 saturated carbocycles. The molecule has 3 rings (SSSR count). The molecule has 0 aliphatic rings. The first-order valence-corrected chi connectivity index (χ1v) is 8.20. The average Bonchev–Trinajstić information content (AvgIpc) is 2.69. The van der Waals surface area contributed by atoms with E-state index >= 15 is 0 Å². The van der Waals surface area contributed by atoms with Gasteiger partial charge in [-0.25, -0.2) is 9.18 Å². The minimum absolute atomic E-state index is 0.0299. The SMILES string of the molecule is COc1cc(OC)nc(Oc2cccc(-c3ccc(F)c(C)c3)c2C(=O)O)n1. The summed E-state index contributed by atoms with van der Waals surface area (Å²) >= 11 is 0. The van der Waals surface area contributed by atoms with E-state index in [-0.39, 0.29) is 34.9 Å². The molecule has 28 heavy (non-hydrogen) atoms. The third-order valence-corrected chi connectivity index (χ3v) is 3.99. The fourth-order valence-corrected chi connectivity index (χ4v) is 2.63. The summed E-state index contributed by atoms with van der Waals surface area (Å²) in [5.74, 6) is -1.15. The third-order valence-electron chi connectivity index (χ3n) is 3.99. The van der Waals surface area contributed by atoms with Gasteiger partial charge in [0.05, 0.1) is 20.3 Å². The van der Waals surface area contributed by atoms with Gasteiger partial charge in [-0.3, -0.25) is 0 Å². The average molecular weight is 384 g/mol. The van der Waals surface area contributed by atoms with Crippen LogP contribution in [0.3, 0.4) is 0 Å². The van der Waals surface area contributed by atoms with Gasteiger partial charge in [-0.05, 0) is 41.8 Å². The van der Waals surface area contributed by atoms with Crippen LogP contribution in [0.25, 0.3) is 11.1 Å². The summed E-state index contributed by atoms with van der Waals surface area (Å²) in [6.07, 6.45) is 0. The highest BCUT2D eigenvalue weighted by molar-refractivity contribution is 5.99. The number of methoxy groups -OCH3 is 2. The quantitative estimate of drug-likeness (QED) is 0.684. The van der Waals surface area contributed by atoms with Crippen molar-refractivity contribution in [3.63, 3.8) is 0 Å². The van der Waals surface area contributed by atoms with Gasteiger partial charge in [0.15, 0.2) is 0 Å². The lowest BCUT2D eigenvalue weighted by Crippen LogP contribution is -2.05. The maximum atomic E-state index is 13.6. The molecule has 1 heterocycles. The number of carboxylic acids is 1. The standard InChI is InChI=1S/C20H17FN2O5/c1-11-9-12(7-8-14(11)21)13-5-4-6-15(18(13)19(24)25)28-20-22-16(26-2)10-17(23-20)27-3/h4-10H,1-3H3,(H,24,25). The number of aromatic nitrogens is 2. The van der Waals surface area contributed by atoms with E-state index in [2.05, 4.69) is 9.97 Å². The van der Waals surface area contributed by atoms with E-state index in [9.17, 15) is 14.3 Å². The number of hydrogen-bond acceptors (Lipinski definition) is 6. The first-order valence-electron chi connectivity index (χ1n) is 8.20. The van der Waals surface area contributed by atoms with Crippen molar-refractivity contribution in [3.05, 3.63) is 59.4 Å². The number of benzene rings is 2. The highest BCUT2D eigenvalue weighted by Crippen LogP contribution is 2.34. The Morgan fingerprint density at radius 3 is 2.29 bits per heavy atom. The largest absolute Gasteiger partial charge is 0.481 e. The molecule has 0 spiro atoms. The monoisotopic (exact) mass is 384 g/mol. The van der Waals surface area contributed by atoms with Gasteiger partial charge in [0.2, 0.25) is 11.8 Å². The second-order valence-corrected chi connectivity index (χ2v) is 5.79. The molecule has 0 aliphatic heterocycles. The summed E-state index contributed by atoms with van der Waals surface area (Å²) in [5, 5.41) is 9.77. The Kier molecular flexibility index (Phi) is 5.39. The minimum Gasteiger partial charge on any atom is -0.481 e. The number of ether oxygens (including phenoxy) is 3. The van der Waals surface area contributed by atoms with Gasteiger partial charge in [0.1, 0.15) is 17.1 Å². The normalized spacial score (nSPS) is 10.4. The number of carbonyl (C=O) groups is 1. The Hall–Kier alpha value is -3.68. The summed E-state index contributed by atoms with van der Waals surface area (Å²) in [6.45, 7) is 1.61. The minimum atomic E-state index is -1.21. The summed E-state index contributed by atoms with van der Waals surface area (Å²) in [7, 11) is 2.84. The number of nitrogens with zero attached hydrogens (tertiary/aromatic N) is 2. The maximum Gasteiger partial charge on any atom is 0.340 e. The zero-order valence-electron chi connectivity index (χ0n) is 15.4. The van der Waals surface area contributed by atoms with Crippen LogP contribution >= 0.6 is 0 Å². The molecule has 1 N–H and O–H groups in total. The van der Waals surface area contributed by atoms with Crippen molar-refractivity contribution in [1.29, 1.82) is 0 Å². The predicted molar refractivity (Wildman–Crippen MR) is 98.7 cm³/mol. The lowest BCUT2D eigenvalue weighted by Gasteiger charge is -2.13. The summed E-state index contributed by atoms with van der Waals surface area (Å²) in [5.41, 5.74) is 1.23. The maximum absolute atomic E-state index is 13.6. The highest BCUT2D eigenvalue weighted by Gasteiger charge is 2.20. The molecule has 1 aromatic heterocycles. The number of aryl methyl sites for hydroxylation is 1. The van der Waals surface area contributed by atoms with E-state index in [4.69, 9.17) is 14.2 Å². The van der Waals surface area contributed by atoms with E-state index < -0.39 is 5.97 Å². The van der Waals surface area contributed by atoms with E-state index in [0.29, 0.717) is 16.7 Å². The van der Waals surface area contributed by atoms with E-state index in [1.165, 1.54) is 38.5 Å². The van der Waals surface area contributed by atoms with Crippen LogP contribution < -0.4 is 14.2 Å². The van der Waals surface area contributed by atoms with Crippen molar-refractivity contribution in [2.75, 3.05) is 14.2 Å². The Labute approximate surface area is 160 Å². The van der Waals surface area contributed by atoms with Crippen LogP contribution in [0.4, 0.5) is 4.39 Å². The molecule has 0 amide bonds. The number of rotatable bonds is 6. The van der Waals surface area contributed by atoms with Crippen molar-refractivity contribution in [2.45, 2.75) is 6.92 Å². The van der Waals surface area contributed by atoms with Gasteiger partial charge in [-0.1, -0.05) is 18.2 Å². The zero-order chi connectivity index (χ0) is 20.3. The molecule has 0 bridgehead atoms. The molecule has 0 unspecified atom stereocenters. The fraction of sp³-hybridized carbons (Fsp3) is 0.150. The van der Waals surface area contributed by atoms with Crippen LogP contribution in [0, 0.1) is 12.7 Å². The number of hydrogen-bond donors (Lipinski definition) is 1. The number of aromatic carboxylic acids is 1. The van der Waals surface area contributed by atoms with Crippen LogP contribution in [0.1, 0.15) is 15.9 Å². The molecule has 0 fully saturated rings. The lowest BCUT2D eigenvalue weighted by atomic mass is 9.97. The molecule has 8 heteroatoms. The van der Waals surface area contributed by atoms with Crippen molar-refractivity contribution in [3.8, 4) is 34.6 Å². The fourth-order valence-electron chi connectivity index (χ4n) is 2.63. The van der Waals surface area contributed by atoms with Crippen LogP contribution in [-0.4, -0.2) is 35.3 Å². The Balaban J connectivity index is 2.10. The Morgan fingerprint density at radius 1 is 1.04 bits per heavy atom. The first kappa shape index (κ1) is 19.1. The molecule has 0 radical (unpaired) electrons. The van der Waals surface area contributed by atoms with Crippen LogP contribution in [0.2, 0.25) is 0 Å². The van der Waals surface area contributed by atoms with Crippen molar-refractivity contribution >= 4 is 5.97 Å². The van der Waals surface area contributed by atoms with E-state index in [1.807, 2.05) is 0 Å². The van der Waals surface area contributed by atoms with Gasteiger partial charge >= 0.3 is 12.0 Å². The van der Waals surface area contributed by atoms with Gasteiger partial charge in [0.25, 0.3) is 0 Å². The van der Waals surface area contributed by atoms with Crippen molar-refractivity contribution < 1.29 is 28.5 Å². The smallest absolute Gasteiger partial charge is 0.340 e.